The van der Waals surface area contributed by atoms with Gasteiger partial charge < -0.3 is 14.7 Å². The van der Waals surface area contributed by atoms with E-state index >= 15 is 0 Å². The van der Waals surface area contributed by atoms with Gasteiger partial charge in [0.2, 0.25) is 5.60 Å². The minimum atomic E-state index is -1.82. The number of esters is 1. The van der Waals surface area contributed by atoms with Crippen molar-refractivity contribution < 1.29 is 14.6 Å². The predicted molar refractivity (Wildman–Crippen MR) is 104 cm³/mol. The van der Waals surface area contributed by atoms with Crippen LogP contribution in [0.15, 0.2) is 91.0 Å². The molecule has 4 heteroatoms. The van der Waals surface area contributed by atoms with E-state index in [0.717, 1.165) is 11.3 Å². The number of nitrogens with zero attached hydrogens (tertiary/aromatic N) is 1. The van der Waals surface area contributed by atoms with Gasteiger partial charge in [0.15, 0.2) is 0 Å². The molecule has 0 saturated carbocycles. The first-order valence-electron chi connectivity index (χ1n) is 9.03. The fourth-order valence-corrected chi connectivity index (χ4v) is 3.74. The molecule has 1 fully saturated rings. The van der Waals surface area contributed by atoms with Crippen LogP contribution in [0.25, 0.3) is 0 Å². The lowest BCUT2D eigenvalue weighted by Gasteiger charge is -2.40. The molecule has 1 N–H and O–H groups in total. The first-order valence-corrected chi connectivity index (χ1v) is 9.03. The summed E-state index contributed by atoms with van der Waals surface area (Å²) in [6, 6.07) is 27.9. The number of anilines is 1. The maximum atomic E-state index is 13.0. The van der Waals surface area contributed by atoms with E-state index in [0.29, 0.717) is 12.1 Å². The van der Waals surface area contributed by atoms with Crippen LogP contribution >= 0.6 is 0 Å². The maximum absolute atomic E-state index is 13.0. The van der Waals surface area contributed by atoms with E-state index in [-0.39, 0.29) is 6.61 Å². The van der Waals surface area contributed by atoms with Crippen molar-refractivity contribution in [1.82, 2.24) is 0 Å². The van der Waals surface area contributed by atoms with Crippen LogP contribution in [0.3, 0.4) is 0 Å². The highest BCUT2D eigenvalue weighted by Crippen LogP contribution is 2.43. The van der Waals surface area contributed by atoms with Gasteiger partial charge in [0.1, 0.15) is 6.61 Å². The van der Waals surface area contributed by atoms with Crippen molar-refractivity contribution in [3.63, 3.8) is 0 Å². The zero-order valence-electron chi connectivity index (χ0n) is 14.9. The molecule has 0 amide bonds. The molecule has 3 aromatic rings. The Labute approximate surface area is 158 Å². The van der Waals surface area contributed by atoms with Crippen LogP contribution in [0.5, 0.6) is 0 Å². The molecular formula is C23H21NO3. The molecule has 0 aromatic heterocycles. The molecule has 2 atom stereocenters. The fourth-order valence-electron chi connectivity index (χ4n) is 3.74. The molecule has 136 valence electrons. The van der Waals surface area contributed by atoms with Crippen molar-refractivity contribution in [2.45, 2.75) is 11.6 Å². The van der Waals surface area contributed by atoms with E-state index in [4.69, 9.17) is 4.74 Å². The Balaban J connectivity index is 1.94. The number of para-hydroxylation sites is 1. The second-order valence-corrected chi connectivity index (χ2v) is 6.61. The van der Waals surface area contributed by atoms with Gasteiger partial charge in [0, 0.05) is 5.69 Å². The maximum Gasteiger partial charge on any atom is 0.345 e. The molecule has 27 heavy (non-hydrogen) atoms. The van der Waals surface area contributed by atoms with Gasteiger partial charge in [-0.15, -0.1) is 0 Å². The Morgan fingerprint density at radius 3 is 2.04 bits per heavy atom. The summed E-state index contributed by atoms with van der Waals surface area (Å²) >= 11 is 0. The number of hydrogen-bond acceptors (Lipinski definition) is 4. The number of ether oxygens (including phenoxy) is 1. The van der Waals surface area contributed by atoms with E-state index < -0.39 is 17.6 Å². The summed E-state index contributed by atoms with van der Waals surface area (Å²) in [6.45, 7) is 0.705. The first kappa shape index (κ1) is 17.3. The van der Waals surface area contributed by atoms with Crippen LogP contribution in [-0.4, -0.2) is 24.2 Å². The fraction of sp³-hybridized carbons (Fsp3) is 0.174. The van der Waals surface area contributed by atoms with Crippen LogP contribution in [0.4, 0.5) is 5.69 Å². The van der Waals surface area contributed by atoms with E-state index in [9.17, 15) is 9.90 Å². The lowest BCUT2D eigenvalue weighted by atomic mass is 9.81. The number of cyclic esters (lactones) is 1. The Morgan fingerprint density at radius 1 is 0.852 bits per heavy atom. The summed E-state index contributed by atoms with van der Waals surface area (Å²) in [4.78, 5) is 15.0. The number of benzene rings is 3. The predicted octanol–water partition coefficient (Wildman–Crippen LogP) is 3.68. The third-order valence-corrected chi connectivity index (χ3v) is 5.00. The number of carbonyl (C=O) groups excluding carboxylic acids is 1. The average Bonchev–Trinajstić information content (AvgIpc) is 2.87. The molecule has 0 unspecified atom stereocenters. The van der Waals surface area contributed by atoms with Gasteiger partial charge in [-0.2, -0.15) is 0 Å². The van der Waals surface area contributed by atoms with Crippen LogP contribution in [-0.2, 0) is 15.1 Å². The van der Waals surface area contributed by atoms with Crippen LogP contribution in [0, 0.1) is 0 Å². The van der Waals surface area contributed by atoms with Crippen molar-refractivity contribution in [2.75, 3.05) is 18.1 Å². The quantitative estimate of drug-likeness (QED) is 0.725. The zero-order valence-corrected chi connectivity index (χ0v) is 14.9. The smallest absolute Gasteiger partial charge is 0.345 e. The van der Waals surface area contributed by atoms with Crippen molar-refractivity contribution >= 4 is 11.7 Å². The third kappa shape index (κ3) is 3.09. The van der Waals surface area contributed by atoms with Crippen LogP contribution < -0.4 is 4.90 Å². The Kier molecular flexibility index (Phi) is 4.65. The first-order chi connectivity index (χ1) is 13.2. The number of aliphatic hydroxyl groups is 1. The highest BCUT2D eigenvalue weighted by Gasteiger charge is 2.52. The minimum Gasteiger partial charge on any atom is -0.461 e. The summed E-state index contributed by atoms with van der Waals surface area (Å²) in [5, 5.41) is 11.8. The van der Waals surface area contributed by atoms with E-state index in [1.807, 2.05) is 83.8 Å². The topological polar surface area (TPSA) is 49.8 Å². The third-order valence-electron chi connectivity index (χ3n) is 5.00. The zero-order chi connectivity index (χ0) is 18.7. The van der Waals surface area contributed by atoms with Crippen LogP contribution in [0.2, 0.25) is 0 Å². The molecule has 4 rings (SSSR count). The molecule has 0 radical (unpaired) electrons. The number of hydrogen-bond donors (Lipinski definition) is 1. The Morgan fingerprint density at radius 2 is 1.41 bits per heavy atom. The summed E-state index contributed by atoms with van der Waals surface area (Å²) in [7, 11) is 0. The van der Waals surface area contributed by atoms with Crippen molar-refractivity contribution in [1.29, 1.82) is 0 Å². The Hall–Kier alpha value is -3.11. The second-order valence-electron chi connectivity index (χ2n) is 6.61. The molecule has 3 aromatic carbocycles. The highest BCUT2D eigenvalue weighted by molar-refractivity contribution is 5.84. The van der Waals surface area contributed by atoms with Crippen molar-refractivity contribution in [3.05, 3.63) is 102 Å². The van der Waals surface area contributed by atoms with E-state index in [1.165, 1.54) is 0 Å². The minimum absolute atomic E-state index is 0.214. The lowest BCUT2D eigenvalue weighted by Crippen LogP contribution is -2.48. The molecule has 0 spiro atoms. The summed E-state index contributed by atoms with van der Waals surface area (Å²) < 4.78 is 5.45. The molecule has 1 aliphatic heterocycles. The standard InChI is InChI=1S/C23H21NO3/c25-22-23(26,19-12-6-2-7-13-19)21(18-10-4-1-5-11-18)24(16-17-27-22)20-14-8-3-9-15-20/h1-15,21,26H,16-17H2/t21-,23+/m0/s1. The van der Waals surface area contributed by atoms with Crippen LogP contribution in [0.1, 0.15) is 17.2 Å². The van der Waals surface area contributed by atoms with Gasteiger partial charge in [0.25, 0.3) is 0 Å². The molecule has 1 saturated heterocycles. The SMILES string of the molecule is O=C1OCCN(c2ccccc2)[C@@H](c2ccccc2)[C@]1(O)c1ccccc1. The normalized spacial score (nSPS) is 22.8. The van der Waals surface area contributed by atoms with Gasteiger partial charge in [-0.25, -0.2) is 4.79 Å². The monoisotopic (exact) mass is 359 g/mol. The van der Waals surface area contributed by atoms with E-state index in [1.54, 1.807) is 12.1 Å². The lowest BCUT2D eigenvalue weighted by molar-refractivity contribution is -0.166. The summed E-state index contributed by atoms with van der Waals surface area (Å²) in [6.07, 6.45) is 0. The van der Waals surface area contributed by atoms with E-state index in [2.05, 4.69) is 0 Å². The second kappa shape index (κ2) is 7.25. The molecule has 1 aliphatic rings. The highest BCUT2D eigenvalue weighted by atomic mass is 16.6. The largest absolute Gasteiger partial charge is 0.461 e. The average molecular weight is 359 g/mol. The van der Waals surface area contributed by atoms with Crippen molar-refractivity contribution in [2.24, 2.45) is 0 Å². The Bertz CT molecular complexity index is 899. The van der Waals surface area contributed by atoms with Gasteiger partial charge in [-0.3, -0.25) is 0 Å². The van der Waals surface area contributed by atoms with Gasteiger partial charge in [-0.1, -0.05) is 78.9 Å². The molecular weight excluding hydrogens is 338 g/mol. The molecule has 0 bridgehead atoms. The summed E-state index contributed by atoms with van der Waals surface area (Å²) in [5.74, 6) is -0.624. The number of carbonyl (C=O) groups is 1. The number of rotatable bonds is 3. The molecule has 0 aliphatic carbocycles. The van der Waals surface area contributed by atoms with Gasteiger partial charge in [0.05, 0.1) is 12.6 Å². The molecule has 4 nitrogen and oxygen atoms in total. The van der Waals surface area contributed by atoms with Gasteiger partial charge in [-0.05, 0) is 23.3 Å². The molecule has 1 heterocycles. The summed E-state index contributed by atoms with van der Waals surface area (Å²) in [5.41, 5.74) is 0.479. The van der Waals surface area contributed by atoms with Crippen molar-refractivity contribution in [3.8, 4) is 0 Å². The van der Waals surface area contributed by atoms with Gasteiger partial charge >= 0.3 is 5.97 Å².